The van der Waals surface area contributed by atoms with E-state index in [1.54, 1.807) is 26.1 Å². The van der Waals surface area contributed by atoms with Crippen LogP contribution in [0.5, 0.6) is 5.75 Å². The maximum absolute atomic E-state index is 11.9. The zero-order valence-corrected chi connectivity index (χ0v) is 12.4. The predicted octanol–water partition coefficient (Wildman–Crippen LogP) is 2.21. The Balaban J connectivity index is 2.86. The average Bonchev–Trinajstić information content (AvgIpc) is 2.43. The van der Waals surface area contributed by atoms with Crippen LogP contribution in [-0.4, -0.2) is 38.1 Å². The van der Waals surface area contributed by atoms with Crippen LogP contribution in [0.3, 0.4) is 0 Å². The summed E-state index contributed by atoms with van der Waals surface area (Å²) in [6.45, 7) is 3.98. The Kier molecular flexibility index (Phi) is 5.83. The van der Waals surface area contributed by atoms with Gasteiger partial charge in [0.1, 0.15) is 5.75 Å². The number of nitrogens with zero attached hydrogens (tertiary/aromatic N) is 1. The van der Waals surface area contributed by atoms with E-state index in [0.717, 1.165) is 17.7 Å². The van der Waals surface area contributed by atoms with E-state index < -0.39 is 0 Å². The molecular formula is C15H24N2O2. The molecule has 0 heterocycles. The molecule has 106 valence electrons. The van der Waals surface area contributed by atoms with Gasteiger partial charge in [-0.15, -0.1) is 0 Å². The maximum Gasteiger partial charge on any atom is 0.238 e. The van der Waals surface area contributed by atoms with Crippen molar-refractivity contribution in [1.82, 2.24) is 10.2 Å². The van der Waals surface area contributed by atoms with Crippen LogP contribution in [-0.2, 0) is 4.79 Å². The van der Waals surface area contributed by atoms with E-state index in [-0.39, 0.29) is 18.0 Å². The normalized spacial score (nSPS) is 13.7. The minimum atomic E-state index is -0.218. The smallest absolute Gasteiger partial charge is 0.238 e. The molecule has 0 aliphatic rings. The fourth-order valence-corrected chi connectivity index (χ4v) is 2.14. The number of hydrogen-bond acceptors (Lipinski definition) is 3. The highest BCUT2D eigenvalue weighted by atomic mass is 16.5. The van der Waals surface area contributed by atoms with Crippen LogP contribution in [0.4, 0.5) is 0 Å². The fraction of sp³-hybridized carbons (Fsp3) is 0.533. The van der Waals surface area contributed by atoms with Gasteiger partial charge in [0, 0.05) is 25.7 Å². The monoisotopic (exact) mass is 264 g/mol. The van der Waals surface area contributed by atoms with Crippen LogP contribution in [0, 0.1) is 0 Å². The number of ether oxygens (including phenoxy) is 1. The highest BCUT2D eigenvalue weighted by molar-refractivity contribution is 5.81. The third-order valence-corrected chi connectivity index (χ3v) is 3.18. The van der Waals surface area contributed by atoms with E-state index in [1.807, 2.05) is 31.2 Å². The van der Waals surface area contributed by atoms with Crippen molar-refractivity contribution in [2.24, 2.45) is 0 Å². The van der Waals surface area contributed by atoms with Crippen LogP contribution in [0.2, 0.25) is 0 Å². The largest absolute Gasteiger partial charge is 0.496 e. The highest BCUT2D eigenvalue weighted by Crippen LogP contribution is 2.27. The predicted molar refractivity (Wildman–Crippen MR) is 77.3 cm³/mol. The van der Waals surface area contributed by atoms with Crippen molar-refractivity contribution in [2.75, 3.05) is 21.2 Å². The summed E-state index contributed by atoms with van der Waals surface area (Å²) in [6.07, 6.45) is 0.894. The molecule has 1 aromatic carbocycles. The lowest BCUT2D eigenvalue weighted by molar-refractivity contribution is -0.130. The first kappa shape index (κ1) is 15.5. The Hall–Kier alpha value is -1.55. The molecule has 0 aliphatic heterocycles. The number of methoxy groups -OCH3 is 1. The van der Waals surface area contributed by atoms with Gasteiger partial charge in [0.05, 0.1) is 13.2 Å². The quantitative estimate of drug-likeness (QED) is 0.856. The van der Waals surface area contributed by atoms with Crippen LogP contribution < -0.4 is 10.1 Å². The second-order valence-corrected chi connectivity index (χ2v) is 4.82. The number of carbonyl (C=O) groups excluding carboxylic acids is 1. The number of benzene rings is 1. The summed E-state index contributed by atoms with van der Waals surface area (Å²) < 4.78 is 5.38. The molecule has 0 saturated carbocycles. The molecule has 1 N–H and O–H groups in total. The Morgan fingerprint density at radius 3 is 2.53 bits per heavy atom. The Bertz CT molecular complexity index is 418. The molecule has 4 nitrogen and oxygen atoms in total. The van der Waals surface area contributed by atoms with Gasteiger partial charge >= 0.3 is 0 Å². The summed E-state index contributed by atoms with van der Waals surface area (Å²) in [4.78, 5) is 13.5. The SMILES string of the molecule is CCC(NC(C)C(=O)N(C)C)c1ccccc1OC. The van der Waals surface area contributed by atoms with Gasteiger partial charge in [-0.25, -0.2) is 0 Å². The summed E-state index contributed by atoms with van der Waals surface area (Å²) in [5.74, 6) is 0.930. The van der Waals surface area contributed by atoms with Crippen molar-refractivity contribution in [3.8, 4) is 5.75 Å². The maximum atomic E-state index is 11.9. The van der Waals surface area contributed by atoms with Crippen molar-refractivity contribution >= 4 is 5.91 Å². The highest BCUT2D eigenvalue weighted by Gasteiger charge is 2.21. The van der Waals surface area contributed by atoms with Crippen molar-refractivity contribution in [1.29, 1.82) is 0 Å². The van der Waals surface area contributed by atoms with Gasteiger partial charge in [-0.05, 0) is 19.4 Å². The molecule has 2 atom stereocenters. The lowest BCUT2D eigenvalue weighted by atomic mass is 10.0. The van der Waals surface area contributed by atoms with Gasteiger partial charge in [0.15, 0.2) is 0 Å². The molecule has 0 aliphatic carbocycles. The van der Waals surface area contributed by atoms with Gasteiger partial charge in [-0.3, -0.25) is 10.1 Å². The minimum Gasteiger partial charge on any atom is -0.496 e. The van der Waals surface area contributed by atoms with Crippen molar-refractivity contribution in [3.05, 3.63) is 29.8 Å². The zero-order valence-electron chi connectivity index (χ0n) is 12.4. The van der Waals surface area contributed by atoms with Crippen LogP contribution in [0.1, 0.15) is 31.9 Å². The molecule has 19 heavy (non-hydrogen) atoms. The summed E-state index contributed by atoms with van der Waals surface area (Å²) in [7, 11) is 5.20. The number of nitrogens with one attached hydrogen (secondary N) is 1. The van der Waals surface area contributed by atoms with E-state index in [9.17, 15) is 4.79 Å². The molecule has 1 aromatic rings. The molecule has 2 unspecified atom stereocenters. The van der Waals surface area contributed by atoms with Crippen LogP contribution in [0.25, 0.3) is 0 Å². The Labute approximate surface area is 115 Å². The molecule has 0 fully saturated rings. The molecule has 4 heteroatoms. The third-order valence-electron chi connectivity index (χ3n) is 3.18. The third kappa shape index (κ3) is 3.96. The second-order valence-electron chi connectivity index (χ2n) is 4.82. The van der Waals surface area contributed by atoms with E-state index in [2.05, 4.69) is 12.2 Å². The van der Waals surface area contributed by atoms with Crippen LogP contribution >= 0.6 is 0 Å². The number of rotatable bonds is 6. The summed E-state index contributed by atoms with van der Waals surface area (Å²) >= 11 is 0. The number of amides is 1. The van der Waals surface area contributed by atoms with E-state index >= 15 is 0 Å². The van der Waals surface area contributed by atoms with Crippen molar-refractivity contribution < 1.29 is 9.53 Å². The van der Waals surface area contributed by atoms with Crippen molar-refractivity contribution in [3.63, 3.8) is 0 Å². The van der Waals surface area contributed by atoms with Crippen LogP contribution in [0.15, 0.2) is 24.3 Å². The number of carbonyl (C=O) groups is 1. The molecule has 0 aromatic heterocycles. The van der Waals surface area contributed by atoms with E-state index in [1.165, 1.54) is 0 Å². The average molecular weight is 264 g/mol. The number of para-hydroxylation sites is 1. The van der Waals surface area contributed by atoms with Gasteiger partial charge in [-0.1, -0.05) is 25.1 Å². The number of likely N-dealkylation sites (N-methyl/N-ethyl adjacent to an activating group) is 1. The molecule has 1 amide bonds. The van der Waals surface area contributed by atoms with Gasteiger partial charge in [0.2, 0.25) is 5.91 Å². The molecule has 0 bridgehead atoms. The first-order chi connectivity index (χ1) is 9.01. The molecule has 0 spiro atoms. The first-order valence-corrected chi connectivity index (χ1v) is 6.61. The zero-order chi connectivity index (χ0) is 14.4. The minimum absolute atomic E-state index is 0.0772. The topological polar surface area (TPSA) is 41.6 Å². The Morgan fingerprint density at radius 2 is 2.00 bits per heavy atom. The second kappa shape index (κ2) is 7.14. The first-order valence-electron chi connectivity index (χ1n) is 6.61. The molecule has 1 rings (SSSR count). The Morgan fingerprint density at radius 1 is 1.37 bits per heavy atom. The summed E-state index contributed by atoms with van der Waals surface area (Å²) in [6, 6.07) is 7.80. The van der Waals surface area contributed by atoms with E-state index in [0.29, 0.717) is 0 Å². The lowest BCUT2D eigenvalue weighted by Gasteiger charge is -2.25. The van der Waals surface area contributed by atoms with Crippen molar-refractivity contribution in [2.45, 2.75) is 32.4 Å². The van der Waals surface area contributed by atoms with Gasteiger partial charge in [0.25, 0.3) is 0 Å². The fourth-order valence-electron chi connectivity index (χ4n) is 2.14. The van der Waals surface area contributed by atoms with Gasteiger partial charge < -0.3 is 9.64 Å². The number of hydrogen-bond donors (Lipinski definition) is 1. The molecular weight excluding hydrogens is 240 g/mol. The summed E-state index contributed by atoms with van der Waals surface area (Å²) in [5.41, 5.74) is 1.09. The standard InChI is InChI=1S/C15H24N2O2/c1-6-13(16-11(2)15(18)17(3)4)12-9-7-8-10-14(12)19-5/h7-11,13,16H,6H2,1-5H3. The summed E-state index contributed by atoms with van der Waals surface area (Å²) in [5, 5.41) is 3.37. The van der Waals surface area contributed by atoms with E-state index in [4.69, 9.17) is 4.74 Å². The van der Waals surface area contributed by atoms with Gasteiger partial charge in [-0.2, -0.15) is 0 Å². The lowest BCUT2D eigenvalue weighted by Crippen LogP contribution is -2.43. The molecule has 0 saturated heterocycles. The molecule has 0 radical (unpaired) electrons.